The number of halogens is 1. The molecule has 4 rings (SSSR count). The summed E-state index contributed by atoms with van der Waals surface area (Å²) in [6.07, 6.45) is 7.90. The first-order chi connectivity index (χ1) is 31.8. The molecule has 0 aliphatic carbocycles. The van der Waals surface area contributed by atoms with Gasteiger partial charge in [-0.25, -0.2) is 40.9 Å². The van der Waals surface area contributed by atoms with Gasteiger partial charge in [0, 0.05) is 113 Å². The van der Waals surface area contributed by atoms with Gasteiger partial charge in [0.05, 0.1) is 27.8 Å². The van der Waals surface area contributed by atoms with E-state index in [9.17, 15) is 38.4 Å². The van der Waals surface area contributed by atoms with Crippen LogP contribution in [0.1, 0.15) is 77.0 Å². The Balaban J connectivity index is -0.000000766. The maximum atomic E-state index is 12.0. The van der Waals surface area contributed by atoms with E-state index in [4.69, 9.17) is 32.3 Å². The molecule has 4 fully saturated rings. The predicted octanol–water partition coefficient (Wildman–Crippen LogP) is -1.92. The number of nitrogens with one attached hydrogen (secondary N) is 6. The summed E-state index contributed by atoms with van der Waals surface area (Å²) in [5.74, 6) is -2.61. The van der Waals surface area contributed by atoms with Crippen LogP contribution in [-0.2, 0) is 73.0 Å². The van der Waals surface area contributed by atoms with Crippen LogP contribution in [0, 0.1) is 0 Å². The molecule has 2 amide bonds. The maximum absolute atomic E-state index is 12.0. The van der Waals surface area contributed by atoms with Crippen molar-refractivity contribution in [3.05, 3.63) is 0 Å². The van der Waals surface area contributed by atoms with Crippen LogP contribution in [0.15, 0.2) is 0 Å². The molecule has 4 heterocycles. The minimum Gasteiger partial charge on any atom is -0.481 e. The van der Waals surface area contributed by atoms with E-state index in [0.717, 1.165) is 58.2 Å². The van der Waals surface area contributed by atoms with Gasteiger partial charge in [0.2, 0.25) is 17.1 Å². The monoisotopic (exact) mass is 1090 g/mol. The smallest absolute Gasteiger partial charge is 0.330 e. The van der Waals surface area contributed by atoms with Crippen LogP contribution in [0.2, 0.25) is 0 Å². The number of rotatable bonds is 15. The first-order valence-electron chi connectivity index (χ1n) is 22.3. The Kier molecular flexibility index (Phi) is 42.9. The fourth-order valence-electron chi connectivity index (χ4n) is 6.45. The second-order valence-corrected chi connectivity index (χ2v) is 15.8. The van der Waals surface area contributed by atoms with E-state index in [1.165, 1.54) is 31.3 Å². The van der Waals surface area contributed by atoms with Crippen molar-refractivity contribution < 1.29 is 83.2 Å². The Morgan fingerprint density at radius 3 is 1.53 bits per heavy atom. The van der Waals surface area contributed by atoms with Crippen molar-refractivity contribution in [1.29, 1.82) is 0 Å². The van der Waals surface area contributed by atoms with Gasteiger partial charge in [-0.2, -0.15) is 0 Å². The Morgan fingerprint density at radius 1 is 0.632 bits per heavy atom. The molecule has 0 radical (unpaired) electrons. The molecule has 0 bridgehead atoms. The predicted molar refractivity (Wildman–Crippen MR) is 249 cm³/mol. The van der Waals surface area contributed by atoms with Crippen molar-refractivity contribution in [2.45, 2.75) is 101 Å². The second kappa shape index (κ2) is 42.4. The van der Waals surface area contributed by atoms with Gasteiger partial charge >= 0.3 is 29.8 Å². The van der Waals surface area contributed by atoms with Crippen LogP contribution in [0.3, 0.4) is 0 Å². The molecule has 4 saturated heterocycles. The fourth-order valence-corrected chi connectivity index (χ4v) is 6.54. The van der Waals surface area contributed by atoms with E-state index in [1.54, 1.807) is 21.1 Å². The van der Waals surface area contributed by atoms with Gasteiger partial charge in [0.1, 0.15) is 24.2 Å². The van der Waals surface area contributed by atoms with Gasteiger partial charge in [-0.15, -0.1) is 0 Å². The first kappa shape index (κ1) is 68.8. The zero-order valence-electron chi connectivity index (χ0n) is 41.3. The van der Waals surface area contributed by atoms with Crippen molar-refractivity contribution in [2.75, 3.05) is 116 Å². The molecule has 0 saturated carbocycles. The molecule has 4 aliphatic rings. The summed E-state index contributed by atoms with van der Waals surface area (Å²) in [5, 5.41) is 33.2. The average molecular weight is 1090 g/mol. The zero-order chi connectivity index (χ0) is 51.3. The molecule has 0 spiro atoms. The van der Waals surface area contributed by atoms with Gasteiger partial charge in [0.15, 0.2) is 0 Å². The third-order valence-electron chi connectivity index (χ3n) is 9.96. The number of carbonyl (C=O) groups excluding carboxylic acids is 6. The van der Waals surface area contributed by atoms with Crippen LogP contribution in [0.4, 0.5) is 0 Å². The van der Waals surface area contributed by atoms with E-state index >= 15 is 0 Å². The molecule has 0 unspecified atom stereocenters. The zero-order valence-corrected chi connectivity index (χ0v) is 43.7. The number of ether oxygens (including phenoxy) is 3. The Labute approximate surface area is 420 Å². The number of carboxylic acids is 2. The second-order valence-electron chi connectivity index (χ2n) is 15.4. The van der Waals surface area contributed by atoms with Crippen LogP contribution < -0.4 is 38.0 Å². The molecular formula is C41H81ClN12O13Pd. The molecule has 4 atom stereocenters. The van der Waals surface area contributed by atoms with Crippen molar-refractivity contribution in [3.63, 3.8) is 0 Å². The van der Waals surface area contributed by atoms with Crippen LogP contribution >= 0.6 is 11.6 Å². The van der Waals surface area contributed by atoms with Crippen LogP contribution in [-0.4, -0.2) is 222 Å². The summed E-state index contributed by atoms with van der Waals surface area (Å²) in [5.41, 5.74) is 14.1. The van der Waals surface area contributed by atoms with Gasteiger partial charge in [0.25, 0.3) is 0 Å². The number of esters is 3. The van der Waals surface area contributed by atoms with Crippen molar-refractivity contribution in [3.8, 4) is 0 Å². The summed E-state index contributed by atoms with van der Waals surface area (Å²) in [6.45, 7) is 5.53. The molecule has 0 aromatic carbocycles. The molecule has 400 valence electrons. The quantitative estimate of drug-likeness (QED) is 0.0374. The maximum Gasteiger partial charge on any atom is 0.330 e. The van der Waals surface area contributed by atoms with Gasteiger partial charge in [-0.05, 0) is 84.1 Å². The topological polar surface area (TPSA) is 319 Å². The number of amides is 2. The molecule has 4 aliphatic heterocycles. The minimum absolute atomic E-state index is 0. The molecule has 27 heteroatoms. The normalized spacial score (nSPS) is 20.3. The number of nitrogens with zero attached hydrogens (tertiary/aromatic N) is 5. The Bertz CT molecular complexity index is 1450. The number of aliphatic carboxylic acids is 2. The number of hydrogen-bond donors (Lipinski definition) is 9. The van der Waals surface area contributed by atoms with E-state index in [-0.39, 0.29) is 86.9 Å². The Hall–Kier alpha value is -3.49. The number of hydrazine groups is 4. The van der Waals surface area contributed by atoms with Crippen molar-refractivity contribution in [2.24, 2.45) is 5.73 Å². The first-order valence-corrected chi connectivity index (χ1v) is 22.7. The minimum atomic E-state index is -0.758. The standard InChI is InChI=1S/C11H21N3O3.C9H17N3O3.C7H14N2O2.C6H12N2O2.C4H8ClNO.C4H9NO2.Pd/c1-12-7-6-10(15)14-9(11(16)17-3)5-4-8-13(14)2;1-15-9(14)7-3-2-6-11-12(7)8(13)4-5-10;1-9-5-3-4-6(8-9)7(10)11-2;1-8-4-2-3-5(7-8)6(9)10;1-6-3-2-4(5)7;1-5-3-2-4(6)7;/h9,12H,4-8H2,1-3H3;7,11H,2-6,10H2,1H3;6,8H,3-5H2,1-2H3;5,7H,2-4H2,1H3,(H,9,10);6H,2-3H2,1H3;5H,2-3H2,1H3,(H,6,7);/t9-;7-;6-;5-;;;/m0000.../s1. The van der Waals surface area contributed by atoms with Gasteiger partial charge < -0.3 is 46.1 Å². The average Bonchev–Trinajstić information content (AvgIpc) is 3.32. The summed E-state index contributed by atoms with van der Waals surface area (Å²) in [4.78, 5) is 87.7. The van der Waals surface area contributed by atoms with Crippen LogP contribution in [0.5, 0.6) is 0 Å². The molecule has 25 nitrogen and oxygen atoms in total. The SMILES string of the molecule is CN1CCC[C@@H](C(=O)O)N1.CNCCC(=O)Cl.CNCCC(=O)N1[C@H](C(=O)OC)CCCN1C.CNCCC(=O)O.COC(=O)[C@@H]1CCCN(C)N1.COC(=O)[C@@H]1CCCNN1C(=O)CCN.[Pd]. The fraction of sp³-hybridized carbons (Fsp3) is 0.805. The molecular weight excluding hydrogens is 1010 g/mol. The van der Waals surface area contributed by atoms with Crippen molar-refractivity contribution >= 4 is 58.5 Å². The third-order valence-corrected chi connectivity index (χ3v) is 10.1. The van der Waals surface area contributed by atoms with E-state index in [2.05, 4.69) is 41.7 Å². The van der Waals surface area contributed by atoms with Gasteiger partial charge in [-0.1, -0.05) is 0 Å². The third kappa shape index (κ3) is 31.6. The van der Waals surface area contributed by atoms with E-state index in [0.29, 0.717) is 51.9 Å². The summed E-state index contributed by atoms with van der Waals surface area (Å²) >= 11 is 4.98. The largest absolute Gasteiger partial charge is 0.481 e. The van der Waals surface area contributed by atoms with Crippen LogP contribution in [0.25, 0.3) is 0 Å². The number of carbonyl (C=O) groups is 8. The summed E-state index contributed by atoms with van der Waals surface area (Å²) in [7, 11) is 15.0. The molecule has 10 N–H and O–H groups in total. The molecule has 0 aromatic rings. The number of hydrogen-bond acceptors (Lipinski definition) is 21. The van der Waals surface area contributed by atoms with E-state index in [1.807, 2.05) is 36.2 Å². The Morgan fingerprint density at radius 2 is 1.10 bits per heavy atom. The number of nitrogens with two attached hydrogens (primary N) is 1. The van der Waals surface area contributed by atoms with E-state index < -0.39 is 24.0 Å². The molecule has 68 heavy (non-hydrogen) atoms. The summed E-state index contributed by atoms with van der Waals surface area (Å²) < 4.78 is 14.0. The van der Waals surface area contributed by atoms with Gasteiger partial charge in [-0.3, -0.25) is 38.8 Å². The number of methoxy groups -OCH3 is 3. The van der Waals surface area contributed by atoms with Crippen molar-refractivity contribution in [1.82, 2.24) is 57.3 Å². The summed E-state index contributed by atoms with van der Waals surface area (Å²) in [6, 6.07) is -1.50. The molecule has 0 aromatic heterocycles. The number of carboxylic acid groups (broad SMARTS) is 2.